The standard InChI is InChI=1S/C13H22N2O3/c1-2-11-6-4-3-5-7-15(11)13(18)14-8-10(9-14)12(16)17/h10-11H,2-9H2,1H3,(H,16,17). The van der Waals surface area contributed by atoms with Crippen LogP contribution in [-0.2, 0) is 4.79 Å². The highest BCUT2D eigenvalue weighted by Gasteiger charge is 2.38. The molecule has 2 amide bonds. The normalized spacial score (nSPS) is 25.5. The first-order valence-electron chi connectivity index (χ1n) is 6.91. The van der Waals surface area contributed by atoms with Crippen LogP contribution in [0.1, 0.15) is 39.0 Å². The summed E-state index contributed by atoms with van der Waals surface area (Å²) in [6.45, 7) is 3.69. The Morgan fingerprint density at radius 2 is 1.94 bits per heavy atom. The minimum absolute atomic E-state index is 0.0428. The molecular weight excluding hydrogens is 232 g/mol. The molecule has 0 aliphatic carbocycles. The fraction of sp³-hybridized carbons (Fsp3) is 0.846. The van der Waals surface area contributed by atoms with Crippen molar-refractivity contribution < 1.29 is 14.7 Å². The largest absolute Gasteiger partial charge is 0.481 e. The van der Waals surface area contributed by atoms with Crippen molar-refractivity contribution in [2.45, 2.75) is 45.1 Å². The highest BCUT2D eigenvalue weighted by molar-refractivity contribution is 5.80. The maximum Gasteiger partial charge on any atom is 0.320 e. The van der Waals surface area contributed by atoms with Crippen molar-refractivity contribution in [1.29, 1.82) is 0 Å². The summed E-state index contributed by atoms with van der Waals surface area (Å²) in [6.07, 6.45) is 5.52. The molecule has 1 unspecified atom stereocenters. The molecule has 2 rings (SSSR count). The van der Waals surface area contributed by atoms with Crippen molar-refractivity contribution in [3.8, 4) is 0 Å². The predicted octanol–water partition coefficient (Wildman–Crippen LogP) is 1.78. The lowest BCUT2D eigenvalue weighted by molar-refractivity contribution is -0.146. The predicted molar refractivity (Wildman–Crippen MR) is 67.3 cm³/mol. The molecule has 18 heavy (non-hydrogen) atoms. The molecule has 5 heteroatoms. The Morgan fingerprint density at radius 1 is 1.22 bits per heavy atom. The third-order valence-corrected chi connectivity index (χ3v) is 4.10. The second kappa shape index (κ2) is 5.59. The van der Waals surface area contributed by atoms with Gasteiger partial charge in [-0.3, -0.25) is 4.79 Å². The Labute approximate surface area is 108 Å². The number of carboxylic acid groups (broad SMARTS) is 1. The number of hydrogen-bond donors (Lipinski definition) is 1. The second-order valence-corrected chi connectivity index (χ2v) is 5.33. The lowest BCUT2D eigenvalue weighted by Gasteiger charge is -2.41. The molecule has 2 fully saturated rings. The smallest absolute Gasteiger partial charge is 0.320 e. The second-order valence-electron chi connectivity index (χ2n) is 5.33. The van der Waals surface area contributed by atoms with Gasteiger partial charge in [0.05, 0.1) is 5.92 Å². The van der Waals surface area contributed by atoms with Gasteiger partial charge in [0.1, 0.15) is 0 Å². The summed E-state index contributed by atoms with van der Waals surface area (Å²) in [6, 6.07) is 0.380. The number of urea groups is 1. The van der Waals surface area contributed by atoms with Crippen LogP contribution in [0.15, 0.2) is 0 Å². The van der Waals surface area contributed by atoms with Gasteiger partial charge < -0.3 is 14.9 Å². The number of amides is 2. The molecule has 1 N–H and O–H groups in total. The Balaban J connectivity index is 1.93. The Morgan fingerprint density at radius 3 is 2.56 bits per heavy atom. The van der Waals surface area contributed by atoms with E-state index in [0.29, 0.717) is 19.1 Å². The number of rotatable bonds is 2. The van der Waals surface area contributed by atoms with E-state index in [1.807, 2.05) is 4.90 Å². The molecule has 0 aromatic heterocycles. The highest BCUT2D eigenvalue weighted by Crippen LogP contribution is 2.24. The molecule has 0 bridgehead atoms. The highest BCUT2D eigenvalue weighted by atomic mass is 16.4. The van der Waals surface area contributed by atoms with Gasteiger partial charge in [-0.25, -0.2) is 4.79 Å². The van der Waals surface area contributed by atoms with E-state index in [1.54, 1.807) is 4.90 Å². The van der Waals surface area contributed by atoms with E-state index in [9.17, 15) is 9.59 Å². The van der Waals surface area contributed by atoms with Crippen LogP contribution in [0.2, 0.25) is 0 Å². The monoisotopic (exact) mass is 254 g/mol. The van der Waals surface area contributed by atoms with Crippen LogP contribution in [0.4, 0.5) is 4.79 Å². The average molecular weight is 254 g/mol. The SMILES string of the molecule is CCC1CCCCCN1C(=O)N1CC(C(=O)O)C1. The maximum absolute atomic E-state index is 12.3. The van der Waals surface area contributed by atoms with Crippen LogP contribution in [0.25, 0.3) is 0 Å². The molecule has 2 aliphatic heterocycles. The van der Waals surface area contributed by atoms with Crippen LogP contribution < -0.4 is 0 Å². The van der Waals surface area contributed by atoms with E-state index >= 15 is 0 Å². The first kappa shape index (κ1) is 13.2. The first-order chi connectivity index (χ1) is 8.63. The van der Waals surface area contributed by atoms with E-state index < -0.39 is 5.97 Å². The van der Waals surface area contributed by atoms with Crippen molar-refractivity contribution in [2.75, 3.05) is 19.6 Å². The molecule has 0 aromatic carbocycles. The summed E-state index contributed by atoms with van der Waals surface area (Å²) in [7, 11) is 0. The molecule has 0 radical (unpaired) electrons. The Bertz CT molecular complexity index is 326. The summed E-state index contributed by atoms with van der Waals surface area (Å²) in [5.41, 5.74) is 0. The van der Waals surface area contributed by atoms with Gasteiger partial charge in [-0.15, -0.1) is 0 Å². The zero-order valence-electron chi connectivity index (χ0n) is 11.0. The van der Waals surface area contributed by atoms with Crippen molar-refractivity contribution in [1.82, 2.24) is 9.80 Å². The van der Waals surface area contributed by atoms with Gasteiger partial charge >= 0.3 is 12.0 Å². The third-order valence-electron chi connectivity index (χ3n) is 4.10. The van der Waals surface area contributed by atoms with Crippen LogP contribution in [0.3, 0.4) is 0 Å². The van der Waals surface area contributed by atoms with Crippen LogP contribution in [0.5, 0.6) is 0 Å². The number of hydrogen-bond acceptors (Lipinski definition) is 2. The molecule has 0 aromatic rings. The van der Waals surface area contributed by atoms with E-state index in [0.717, 1.165) is 25.8 Å². The lowest BCUT2D eigenvalue weighted by Crippen LogP contribution is -2.58. The summed E-state index contributed by atoms with van der Waals surface area (Å²) in [5.74, 6) is -1.15. The Kier molecular flexibility index (Phi) is 4.09. The van der Waals surface area contributed by atoms with E-state index in [1.165, 1.54) is 12.8 Å². The Hall–Kier alpha value is -1.26. The molecule has 0 spiro atoms. The van der Waals surface area contributed by atoms with Crippen LogP contribution >= 0.6 is 0 Å². The topological polar surface area (TPSA) is 60.9 Å². The fourth-order valence-electron chi connectivity index (χ4n) is 2.83. The molecule has 1 atom stereocenters. The maximum atomic E-state index is 12.3. The van der Waals surface area contributed by atoms with Gasteiger partial charge in [-0.1, -0.05) is 19.8 Å². The number of carbonyl (C=O) groups is 2. The molecule has 5 nitrogen and oxygen atoms in total. The van der Waals surface area contributed by atoms with Gasteiger partial charge in [-0.2, -0.15) is 0 Å². The molecule has 2 aliphatic rings. The minimum Gasteiger partial charge on any atom is -0.481 e. The fourth-order valence-corrected chi connectivity index (χ4v) is 2.83. The van der Waals surface area contributed by atoms with Gasteiger partial charge in [0.2, 0.25) is 0 Å². The van der Waals surface area contributed by atoms with Gasteiger partial charge in [0, 0.05) is 25.7 Å². The summed E-state index contributed by atoms with van der Waals surface area (Å²) in [4.78, 5) is 26.7. The van der Waals surface area contributed by atoms with Gasteiger partial charge in [0.25, 0.3) is 0 Å². The van der Waals surface area contributed by atoms with Crippen LogP contribution in [-0.4, -0.2) is 52.6 Å². The van der Waals surface area contributed by atoms with Crippen molar-refractivity contribution in [3.05, 3.63) is 0 Å². The molecule has 2 heterocycles. The zero-order chi connectivity index (χ0) is 13.1. The van der Waals surface area contributed by atoms with E-state index in [4.69, 9.17) is 5.11 Å². The summed E-state index contributed by atoms with van der Waals surface area (Å²) < 4.78 is 0. The van der Waals surface area contributed by atoms with Crippen LogP contribution in [0, 0.1) is 5.92 Å². The molecule has 0 saturated carbocycles. The van der Waals surface area contributed by atoms with Crippen molar-refractivity contribution >= 4 is 12.0 Å². The quantitative estimate of drug-likeness (QED) is 0.817. The third kappa shape index (κ3) is 2.60. The van der Waals surface area contributed by atoms with E-state index in [2.05, 4.69) is 6.92 Å². The van der Waals surface area contributed by atoms with Gasteiger partial charge in [-0.05, 0) is 19.3 Å². The molecular formula is C13H22N2O3. The number of likely N-dealkylation sites (tertiary alicyclic amines) is 2. The lowest BCUT2D eigenvalue weighted by atomic mass is 10.0. The van der Waals surface area contributed by atoms with Gasteiger partial charge in [0.15, 0.2) is 0 Å². The number of carbonyl (C=O) groups excluding carboxylic acids is 1. The molecule has 2 saturated heterocycles. The number of aliphatic carboxylic acids is 1. The average Bonchev–Trinajstić information content (AvgIpc) is 2.50. The summed E-state index contributed by atoms with van der Waals surface area (Å²) >= 11 is 0. The van der Waals surface area contributed by atoms with Crippen molar-refractivity contribution in [3.63, 3.8) is 0 Å². The number of carboxylic acids is 1. The zero-order valence-corrected chi connectivity index (χ0v) is 11.0. The van der Waals surface area contributed by atoms with E-state index in [-0.39, 0.29) is 11.9 Å². The summed E-state index contributed by atoms with van der Waals surface area (Å²) in [5, 5.41) is 8.83. The molecule has 102 valence electrons. The number of nitrogens with zero attached hydrogens (tertiary/aromatic N) is 2. The minimum atomic E-state index is -0.790. The first-order valence-corrected chi connectivity index (χ1v) is 6.91. The van der Waals surface area contributed by atoms with Crippen molar-refractivity contribution in [2.24, 2.45) is 5.92 Å².